The highest BCUT2D eigenvalue weighted by Gasteiger charge is 2.18. The van der Waals surface area contributed by atoms with E-state index in [0.717, 1.165) is 5.69 Å². The molecule has 1 atom stereocenters. The van der Waals surface area contributed by atoms with Gasteiger partial charge in [0, 0.05) is 7.11 Å². The van der Waals surface area contributed by atoms with E-state index in [2.05, 4.69) is 9.97 Å². The summed E-state index contributed by atoms with van der Waals surface area (Å²) < 4.78 is 5.95. The van der Waals surface area contributed by atoms with Gasteiger partial charge in [0.1, 0.15) is 11.9 Å². The smallest absolute Gasteiger partial charge is 0.264 e. The van der Waals surface area contributed by atoms with E-state index in [1.807, 2.05) is 43.4 Å². The topological polar surface area (TPSA) is 55.0 Å². The first-order valence-corrected chi connectivity index (χ1v) is 5.84. The SMILES string of the molecule is COC(c1nc(C)c(I)c(=O)[nH]1)C(C)C. The first kappa shape index (κ1) is 12.6. The highest BCUT2D eigenvalue weighted by Crippen LogP contribution is 2.21. The number of methoxy groups -OCH3 is 1. The molecule has 0 fully saturated rings. The molecule has 1 unspecified atom stereocenters. The van der Waals surface area contributed by atoms with Crippen molar-refractivity contribution in [1.82, 2.24) is 9.97 Å². The molecule has 5 heteroatoms. The van der Waals surface area contributed by atoms with Crippen molar-refractivity contribution >= 4 is 22.6 Å². The van der Waals surface area contributed by atoms with Gasteiger partial charge in [-0.15, -0.1) is 0 Å². The van der Waals surface area contributed by atoms with Crippen molar-refractivity contribution in [2.45, 2.75) is 26.9 Å². The van der Waals surface area contributed by atoms with Crippen LogP contribution in [-0.4, -0.2) is 17.1 Å². The third kappa shape index (κ3) is 2.78. The Labute approximate surface area is 103 Å². The summed E-state index contributed by atoms with van der Waals surface area (Å²) >= 11 is 1.99. The lowest BCUT2D eigenvalue weighted by atomic mass is 10.1. The fraction of sp³-hybridized carbons (Fsp3) is 0.600. The highest BCUT2D eigenvalue weighted by molar-refractivity contribution is 14.1. The van der Waals surface area contributed by atoms with E-state index in [4.69, 9.17) is 4.74 Å². The number of hydrogen-bond donors (Lipinski definition) is 1. The zero-order valence-electron chi connectivity index (χ0n) is 9.30. The van der Waals surface area contributed by atoms with E-state index >= 15 is 0 Å². The average Bonchev–Trinajstić information content (AvgIpc) is 2.14. The minimum absolute atomic E-state index is 0.0965. The fourth-order valence-corrected chi connectivity index (χ4v) is 1.68. The number of nitrogens with one attached hydrogen (secondary N) is 1. The van der Waals surface area contributed by atoms with Crippen LogP contribution in [0.5, 0.6) is 0 Å². The number of aromatic amines is 1. The molecule has 0 radical (unpaired) electrons. The van der Waals surface area contributed by atoms with Crippen LogP contribution >= 0.6 is 22.6 Å². The maximum atomic E-state index is 11.5. The zero-order valence-corrected chi connectivity index (χ0v) is 11.5. The normalized spacial score (nSPS) is 13.2. The largest absolute Gasteiger partial charge is 0.373 e. The molecule has 0 amide bonds. The molecular formula is C10H15IN2O2. The molecular weight excluding hydrogens is 307 g/mol. The van der Waals surface area contributed by atoms with Crippen LogP contribution in [0.2, 0.25) is 0 Å². The van der Waals surface area contributed by atoms with Crippen molar-refractivity contribution in [1.29, 1.82) is 0 Å². The Kier molecular flexibility index (Phi) is 4.27. The van der Waals surface area contributed by atoms with Gasteiger partial charge < -0.3 is 9.72 Å². The van der Waals surface area contributed by atoms with E-state index in [1.54, 1.807) is 7.11 Å². The standard InChI is InChI=1S/C10H15IN2O2/c1-5(2)8(15-4)9-12-6(3)7(11)10(14)13-9/h5,8H,1-4H3,(H,12,13,14). The Balaban J connectivity index is 3.21. The van der Waals surface area contributed by atoms with Crippen LogP contribution < -0.4 is 5.56 Å². The maximum absolute atomic E-state index is 11.5. The van der Waals surface area contributed by atoms with Crippen LogP contribution in [0.1, 0.15) is 31.5 Å². The van der Waals surface area contributed by atoms with E-state index in [1.165, 1.54) is 0 Å². The maximum Gasteiger partial charge on any atom is 0.264 e. The third-order valence-corrected chi connectivity index (χ3v) is 3.45. The van der Waals surface area contributed by atoms with Crippen molar-refractivity contribution < 1.29 is 4.74 Å². The number of halogens is 1. The zero-order chi connectivity index (χ0) is 11.6. The summed E-state index contributed by atoms with van der Waals surface area (Å²) in [5.74, 6) is 0.882. The Bertz CT molecular complexity index is 401. The van der Waals surface area contributed by atoms with Crippen molar-refractivity contribution in [3.8, 4) is 0 Å². The van der Waals surface area contributed by atoms with E-state index < -0.39 is 0 Å². The molecule has 0 spiro atoms. The molecule has 0 saturated heterocycles. The summed E-state index contributed by atoms with van der Waals surface area (Å²) in [7, 11) is 1.62. The molecule has 4 nitrogen and oxygen atoms in total. The van der Waals surface area contributed by atoms with E-state index in [-0.39, 0.29) is 17.6 Å². The average molecular weight is 322 g/mol. The van der Waals surface area contributed by atoms with Crippen molar-refractivity contribution in [3.63, 3.8) is 0 Å². The summed E-state index contributed by atoms with van der Waals surface area (Å²) in [6.07, 6.45) is -0.159. The van der Waals surface area contributed by atoms with Gasteiger partial charge in [-0.25, -0.2) is 4.98 Å². The van der Waals surface area contributed by atoms with Crippen LogP contribution in [0, 0.1) is 16.4 Å². The van der Waals surface area contributed by atoms with Crippen molar-refractivity contribution in [2.75, 3.05) is 7.11 Å². The second-order valence-corrected chi connectivity index (χ2v) is 4.83. The highest BCUT2D eigenvalue weighted by atomic mass is 127. The van der Waals surface area contributed by atoms with Crippen molar-refractivity contribution in [2.24, 2.45) is 5.92 Å². The third-order valence-electron chi connectivity index (χ3n) is 2.18. The second kappa shape index (κ2) is 5.07. The van der Waals surface area contributed by atoms with Gasteiger partial charge in [-0.1, -0.05) is 13.8 Å². The van der Waals surface area contributed by atoms with Gasteiger partial charge >= 0.3 is 0 Å². The first-order valence-electron chi connectivity index (χ1n) is 4.76. The van der Waals surface area contributed by atoms with E-state index in [9.17, 15) is 4.79 Å². The number of H-pyrrole nitrogens is 1. The Morgan fingerprint density at radius 3 is 2.47 bits per heavy atom. The van der Waals surface area contributed by atoms with Gasteiger partial charge in [0.25, 0.3) is 5.56 Å². The lowest BCUT2D eigenvalue weighted by molar-refractivity contribution is 0.0571. The Morgan fingerprint density at radius 2 is 2.07 bits per heavy atom. The van der Waals surface area contributed by atoms with Gasteiger partial charge in [0.05, 0.1) is 9.26 Å². The number of aromatic nitrogens is 2. The molecule has 1 aromatic rings. The van der Waals surface area contributed by atoms with Crippen molar-refractivity contribution in [3.05, 3.63) is 25.4 Å². The number of ether oxygens (including phenoxy) is 1. The molecule has 0 aliphatic heterocycles. The molecule has 0 aliphatic rings. The van der Waals surface area contributed by atoms with E-state index in [0.29, 0.717) is 9.39 Å². The summed E-state index contributed by atoms with van der Waals surface area (Å²) in [5.41, 5.74) is 0.651. The van der Waals surface area contributed by atoms with Crippen LogP contribution in [-0.2, 0) is 4.74 Å². The summed E-state index contributed by atoms with van der Waals surface area (Å²) in [6.45, 7) is 5.89. The van der Waals surface area contributed by atoms with Crippen LogP contribution in [0.25, 0.3) is 0 Å². The van der Waals surface area contributed by atoms with Gasteiger partial charge in [-0.2, -0.15) is 0 Å². The van der Waals surface area contributed by atoms with Gasteiger partial charge in [0.15, 0.2) is 0 Å². The molecule has 1 rings (SSSR count). The predicted molar refractivity (Wildman–Crippen MR) is 66.9 cm³/mol. The van der Waals surface area contributed by atoms with Crippen LogP contribution in [0.4, 0.5) is 0 Å². The van der Waals surface area contributed by atoms with Crippen LogP contribution in [0.3, 0.4) is 0 Å². The Hall–Kier alpha value is -0.430. The molecule has 1 heterocycles. The minimum atomic E-state index is -0.159. The first-order chi connectivity index (χ1) is 6.97. The Morgan fingerprint density at radius 1 is 1.47 bits per heavy atom. The van der Waals surface area contributed by atoms with Gasteiger partial charge in [-0.05, 0) is 35.4 Å². The summed E-state index contributed by atoms with van der Waals surface area (Å²) in [5, 5.41) is 0. The van der Waals surface area contributed by atoms with Gasteiger partial charge in [-0.3, -0.25) is 4.79 Å². The second-order valence-electron chi connectivity index (χ2n) is 3.75. The number of nitrogens with zero attached hydrogens (tertiary/aromatic N) is 1. The lowest BCUT2D eigenvalue weighted by Gasteiger charge is -2.18. The predicted octanol–water partition coefficient (Wildman–Crippen LogP) is 2.03. The quantitative estimate of drug-likeness (QED) is 0.867. The minimum Gasteiger partial charge on any atom is -0.373 e. The lowest BCUT2D eigenvalue weighted by Crippen LogP contribution is -2.21. The summed E-state index contributed by atoms with van der Waals surface area (Å²) in [4.78, 5) is 18.6. The van der Waals surface area contributed by atoms with Crippen LogP contribution in [0.15, 0.2) is 4.79 Å². The molecule has 0 aliphatic carbocycles. The number of hydrogen-bond acceptors (Lipinski definition) is 3. The fourth-order valence-electron chi connectivity index (χ4n) is 1.43. The molecule has 0 bridgehead atoms. The molecule has 0 aromatic carbocycles. The molecule has 1 N–H and O–H groups in total. The molecule has 1 aromatic heterocycles. The monoisotopic (exact) mass is 322 g/mol. The molecule has 0 saturated carbocycles. The van der Waals surface area contributed by atoms with Gasteiger partial charge in [0.2, 0.25) is 0 Å². The number of aryl methyl sites for hydroxylation is 1. The molecule has 84 valence electrons. The summed E-state index contributed by atoms with van der Waals surface area (Å²) in [6, 6.07) is 0. The molecule has 15 heavy (non-hydrogen) atoms. The number of rotatable bonds is 3.